The monoisotopic (exact) mass is 501 g/mol. The Balaban J connectivity index is 0.00000294. The molecule has 3 radical (unpaired) electrons. The van der Waals surface area contributed by atoms with Gasteiger partial charge in [0, 0.05) is 8.41 Å². The molecule has 0 saturated heterocycles. The van der Waals surface area contributed by atoms with Crippen molar-refractivity contribution >= 4 is 32.2 Å². The quantitative estimate of drug-likeness (QED) is 0.160. The van der Waals surface area contributed by atoms with Gasteiger partial charge in [0.1, 0.15) is 0 Å². The summed E-state index contributed by atoms with van der Waals surface area (Å²) in [6, 6.07) is 59.2. The van der Waals surface area contributed by atoms with E-state index in [2.05, 4.69) is 164 Å². The predicted octanol–water partition coefficient (Wildman–Crippen LogP) is 8.07. The molecule has 0 atom stereocenters. The van der Waals surface area contributed by atoms with Gasteiger partial charge in [-0.3, -0.25) is 0 Å². The molecule has 0 heterocycles. The maximum Gasteiger partial charge on any atom is 0 e. The van der Waals surface area contributed by atoms with Crippen LogP contribution < -0.4 is 15.9 Å². The molecule has 0 aromatic heterocycles. The van der Waals surface area contributed by atoms with E-state index < -0.39 is 7.92 Å². The van der Waals surface area contributed by atoms with E-state index in [0.29, 0.717) is 0 Å². The molecular formula is C36H27BP. The largest absolute Gasteiger partial charge is 0.0622 e. The van der Waals surface area contributed by atoms with Crippen LogP contribution in [-0.2, 0) is 0 Å². The minimum absolute atomic E-state index is 0. The molecule has 0 fully saturated rings. The number of hydrogen-bond donors (Lipinski definition) is 0. The normalized spacial score (nSPS) is 10.7. The molecular weight excluding hydrogens is 474 g/mol. The van der Waals surface area contributed by atoms with E-state index in [1.54, 1.807) is 0 Å². The topological polar surface area (TPSA) is 0 Å². The van der Waals surface area contributed by atoms with Gasteiger partial charge in [-0.25, -0.2) is 0 Å². The fourth-order valence-electron chi connectivity index (χ4n) is 5.02. The van der Waals surface area contributed by atoms with Gasteiger partial charge >= 0.3 is 0 Å². The Bertz CT molecular complexity index is 1540. The Hall–Kier alpha value is -4.19. The summed E-state index contributed by atoms with van der Waals surface area (Å²) in [5.74, 6) is 0. The third kappa shape index (κ3) is 5.12. The molecule has 0 spiro atoms. The molecule has 0 saturated carbocycles. The highest BCUT2D eigenvalue weighted by molar-refractivity contribution is 7.80. The Morgan fingerprint density at radius 2 is 0.684 bits per heavy atom. The first-order chi connectivity index (χ1) is 18.4. The maximum atomic E-state index is 2.38. The number of rotatable bonds is 6. The smallest absolute Gasteiger partial charge is 0 e. The fraction of sp³-hybridized carbons (Fsp3) is 0. The molecule has 179 valence electrons. The van der Waals surface area contributed by atoms with Crippen LogP contribution in [0.4, 0.5) is 0 Å². The SMILES string of the molecule is [B].c1ccc(-c2ccc(P(c3ccccc3)c3ccccc3)c(-c3ccccc3)c2-c2ccccc2)cc1. The van der Waals surface area contributed by atoms with Crippen molar-refractivity contribution in [3.05, 3.63) is 164 Å². The molecule has 38 heavy (non-hydrogen) atoms. The molecule has 0 aliphatic heterocycles. The molecule has 0 N–H and O–H groups in total. The maximum absolute atomic E-state index is 2.38. The molecule has 0 bridgehead atoms. The second kappa shape index (κ2) is 11.9. The van der Waals surface area contributed by atoms with Crippen molar-refractivity contribution in [1.82, 2.24) is 0 Å². The van der Waals surface area contributed by atoms with E-state index in [1.165, 1.54) is 49.3 Å². The first kappa shape index (κ1) is 25.5. The zero-order chi connectivity index (χ0) is 24.9. The van der Waals surface area contributed by atoms with Crippen molar-refractivity contribution in [3.63, 3.8) is 0 Å². The van der Waals surface area contributed by atoms with Gasteiger partial charge in [0.25, 0.3) is 0 Å². The van der Waals surface area contributed by atoms with Crippen LogP contribution in [0, 0.1) is 0 Å². The van der Waals surface area contributed by atoms with Crippen molar-refractivity contribution < 1.29 is 0 Å². The Kier molecular flexibility index (Phi) is 7.98. The predicted molar refractivity (Wildman–Crippen MR) is 167 cm³/mol. The molecule has 6 rings (SSSR count). The molecule has 0 nitrogen and oxygen atoms in total. The standard InChI is InChI=1S/C36H27P.B/c1-6-16-28(17-7-1)33-26-27-34(37(31-22-12-4-13-23-31)32-24-14-5-15-25-32)36(30-20-10-3-11-21-30)35(33)29-18-8-2-9-19-29;/h1-27H;. The second-order valence-electron chi connectivity index (χ2n) is 8.99. The summed E-state index contributed by atoms with van der Waals surface area (Å²) >= 11 is 0. The van der Waals surface area contributed by atoms with Gasteiger partial charge in [0.15, 0.2) is 0 Å². The van der Waals surface area contributed by atoms with Gasteiger partial charge in [-0.2, -0.15) is 0 Å². The zero-order valence-corrected chi connectivity index (χ0v) is 22.0. The highest BCUT2D eigenvalue weighted by Gasteiger charge is 2.25. The van der Waals surface area contributed by atoms with Gasteiger partial charge in [-0.1, -0.05) is 164 Å². The molecule has 0 aliphatic carbocycles. The highest BCUT2D eigenvalue weighted by Crippen LogP contribution is 2.45. The van der Waals surface area contributed by atoms with E-state index in [4.69, 9.17) is 0 Å². The summed E-state index contributed by atoms with van der Waals surface area (Å²) in [6.07, 6.45) is 0. The third-order valence-electron chi connectivity index (χ3n) is 6.66. The molecule has 2 heteroatoms. The van der Waals surface area contributed by atoms with Gasteiger partial charge < -0.3 is 0 Å². The van der Waals surface area contributed by atoms with Gasteiger partial charge in [0.2, 0.25) is 0 Å². The van der Waals surface area contributed by atoms with Crippen molar-refractivity contribution in [1.29, 1.82) is 0 Å². The molecule has 6 aromatic carbocycles. The average molecular weight is 501 g/mol. The van der Waals surface area contributed by atoms with Crippen LogP contribution in [0.2, 0.25) is 0 Å². The summed E-state index contributed by atoms with van der Waals surface area (Å²) in [7, 11) is -0.778. The summed E-state index contributed by atoms with van der Waals surface area (Å²) in [5.41, 5.74) is 7.56. The van der Waals surface area contributed by atoms with Crippen molar-refractivity contribution in [2.75, 3.05) is 0 Å². The minimum atomic E-state index is -0.778. The summed E-state index contributed by atoms with van der Waals surface area (Å²) in [4.78, 5) is 0. The van der Waals surface area contributed by atoms with Crippen LogP contribution >= 0.6 is 7.92 Å². The summed E-state index contributed by atoms with van der Waals surface area (Å²) in [6.45, 7) is 0. The lowest BCUT2D eigenvalue weighted by molar-refractivity contribution is 1.57. The number of hydrogen-bond acceptors (Lipinski definition) is 0. The molecule has 0 amide bonds. The minimum Gasteiger partial charge on any atom is -0.0622 e. The Morgan fingerprint density at radius 3 is 1.13 bits per heavy atom. The van der Waals surface area contributed by atoms with Gasteiger partial charge in [-0.15, -0.1) is 0 Å². The van der Waals surface area contributed by atoms with E-state index in [1.807, 2.05) is 0 Å². The van der Waals surface area contributed by atoms with Gasteiger partial charge in [-0.05, 0) is 57.2 Å². The first-order valence-electron chi connectivity index (χ1n) is 12.6. The lowest BCUT2D eigenvalue weighted by Crippen LogP contribution is -2.22. The molecule has 0 unspecified atom stereocenters. The van der Waals surface area contributed by atoms with E-state index in [0.717, 1.165) is 0 Å². The van der Waals surface area contributed by atoms with Crippen molar-refractivity contribution in [3.8, 4) is 33.4 Å². The Labute approximate surface area is 229 Å². The van der Waals surface area contributed by atoms with Crippen molar-refractivity contribution in [2.45, 2.75) is 0 Å². The summed E-state index contributed by atoms with van der Waals surface area (Å²) in [5, 5.41) is 4.08. The van der Waals surface area contributed by atoms with Crippen LogP contribution in [0.5, 0.6) is 0 Å². The number of benzene rings is 6. The van der Waals surface area contributed by atoms with Crippen LogP contribution in [-0.4, -0.2) is 8.41 Å². The van der Waals surface area contributed by atoms with Gasteiger partial charge in [0.05, 0.1) is 0 Å². The molecule has 0 aliphatic rings. The highest BCUT2D eigenvalue weighted by atomic mass is 31.1. The lowest BCUT2D eigenvalue weighted by Gasteiger charge is -2.26. The first-order valence-corrected chi connectivity index (χ1v) is 14.0. The fourth-order valence-corrected chi connectivity index (χ4v) is 7.50. The van der Waals surface area contributed by atoms with Crippen LogP contribution in [0.3, 0.4) is 0 Å². The zero-order valence-electron chi connectivity index (χ0n) is 21.1. The lowest BCUT2D eigenvalue weighted by atomic mass is 9.87. The van der Waals surface area contributed by atoms with Crippen LogP contribution in [0.25, 0.3) is 33.4 Å². The van der Waals surface area contributed by atoms with Crippen LogP contribution in [0.15, 0.2) is 164 Å². The summed E-state index contributed by atoms with van der Waals surface area (Å²) < 4.78 is 0. The van der Waals surface area contributed by atoms with Crippen molar-refractivity contribution in [2.24, 2.45) is 0 Å². The second-order valence-corrected chi connectivity index (χ2v) is 11.2. The Morgan fingerprint density at radius 1 is 0.316 bits per heavy atom. The van der Waals surface area contributed by atoms with E-state index >= 15 is 0 Å². The van der Waals surface area contributed by atoms with Crippen LogP contribution in [0.1, 0.15) is 0 Å². The van der Waals surface area contributed by atoms with E-state index in [9.17, 15) is 0 Å². The third-order valence-corrected chi connectivity index (χ3v) is 9.15. The average Bonchev–Trinajstić information content (AvgIpc) is 2.99. The van der Waals surface area contributed by atoms with E-state index in [-0.39, 0.29) is 8.41 Å². The molecule has 6 aromatic rings.